The van der Waals surface area contributed by atoms with Crippen molar-refractivity contribution < 1.29 is 17.6 Å². The molecule has 5 heteroatoms. The number of likely N-dealkylation sites (N-methyl/N-ethyl adjacent to an activating group) is 1. The van der Waals surface area contributed by atoms with Crippen LogP contribution in [0.4, 0.5) is 17.6 Å². The quantitative estimate of drug-likeness (QED) is 0.632. The molecule has 1 aromatic rings. The van der Waals surface area contributed by atoms with Gasteiger partial charge in [-0.15, -0.1) is 6.58 Å². The van der Waals surface area contributed by atoms with Gasteiger partial charge in [-0.3, -0.25) is 0 Å². The zero-order chi connectivity index (χ0) is 13.1. The third-order valence-electron chi connectivity index (χ3n) is 2.31. The average Bonchev–Trinajstić information content (AvgIpc) is 2.25. The van der Waals surface area contributed by atoms with Crippen molar-refractivity contribution >= 4 is 0 Å². The minimum Gasteiger partial charge on any atom is -0.307 e. The molecule has 1 unspecified atom stereocenters. The molecule has 1 aromatic carbocycles. The molecular weight excluding hydrogens is 234 g/mol. The minimum atomic E-state index is -4.68. The molecule has 0 aromatic heterocycles. The first kappa shape index (κ1) is 13.7. The maximum atomic E-state index is 13.1. The van der Waals surface area contributed by atoms with Gasteiger partial charge in [0.15, 0.2) is 0 Å². The number of hydrogen-bond acceptors (Lipinski definition) is 1. The smallest absolute Gasteiger partial charge is 0.307 e. The van der Waals surface area contributed by atoms with Gasteiger partial charge in [0.25, 0.3) is 0 Å². The lowest BCUT2D eigenvalue weighted by Crippen LogP contribution is -2.19. The zero-order valence-electron chi connectivity index (χ0n) is 9.31. The molecule has 0 spiro atoms. The summed E-state index contributed by atoms with van der Waals surface area (Å²) in [5.74, 6) is -1.26. The summed E-state index contributed by atoms with van der Waals surface area (Å²) >= 11 is 0. The number of nitrogens with one attached hydrogen (secondary N) is 1. The Morgan fingerprint density at radius 2 is 2.06 bits per heavy atom. The van der Waals surface area contributed by atoms with Crippen molar-refractivity contribution in [1.29, 1.82) is 0 Å². The van der Waals surface area contributed by atoms with Gasteiger partial charge in [0.2, 0.25) is 0 Å². The summed E-state index contributed by atoms with van der Waals surface area (Å²) in [5.41, 5.74) is -0.907. The summed E-state index contributed by atoms with van der Waals surface area (Å²) in [4.78, 5) is 0. The van der Waals surface area contributed by atoms with Gasteiger partial charge < -0.3 is 5.32 Å². The minimum absolute atomic E-state index is 0.343. The number of hydrogen-bond donors (Lipinski definition) is 1. The van der Waals surface area contributed by atoms with Crippen molar-refractivity contribution in [2.75, 3.05) is 6.54 Å². The van der Waals surface area contributed by atoms with Gasteiger partial charge in [-0.05, 0) is 24.2 Å². The molecule has 0 radical (unpaired) electrons. The molecular formula is C12H13F4N. The Morgan fingerprint density at radius 1 is 1.41 bits per heavy atom. The van der Waals surface area contributed by atoms with Crippen LogP contribution in [0.5, 0.6) is 0 Å². The van der Waals surface area contributed by atoms with Crippen LogP contribution in [0.15, 0.2) is 30.9 Å². The molecule has 0 aliphatic heterocycles. The van der Waals surface area contributed by atoms with E-state index in [4.69, 9.17) is 0 Å². The van der Waals surface area contributed by atoms with Gasteiger partial charge in [-0.1, -0.05) is 19.1 Å². The number of alkyl halides is 3. The fourth-order valence-corrected chi connectivity index (χ4v) is 1.51. The van der Waals surface area contributed by atoms with Crippen LogP contribution in [-0.2, 0) is 6.18 Å². The van der Waals surface area contributed by atoms with Crippen LogP contribution in [0.1, 0.15) is 24.1 Å². The van der Waals surface area contributed by atoms with Crippen molar-refractivity contribution in [3.05, 3.63) is 47.8 Å². The van der Waals surface area contributed by atoms with Crippen LogP contribution in [0.2, 0.25) is 0 Å². The number of halogens is 4. The standard InChI is InChI=1S/C12H13F4N/c1-3-11(17-4-2)8-5-6-10(13)9(7-8)12(14,15)16/h3,5-7,11,17H,1,4H2,2H3. The maximum absolute atomic E-state index is 13.1. The summed E-state index contributed by atoms with van der Waals surface area (Å²) in [5, 5.41) is 2.94. The zero-order valence-corrected chi connectivity index (χ0v) is 9.31. The van der Waals surface area contributed by atoms with Crippen LogP contribution < -0.4 is 5.32 Å². The van der Waals surface area contributed by atoms with E-state index in [-0.39, 0.29) is 0 Å². The fourth-order valence-electron chi connectivity index (χ4n) is 1.51. The van der Waals surface area contributed by atoms with Crippen molar-refractivity contribution in [3.63, 3.8) is 0 Å². The highest BCUT2D eigenvalue weighted by Crippen LogP contribution is 2.33. The number of benzene rings is 1. The molecule has 94 valence electrons. The van der Waals surface area contributed by atoms with E-state index in [9.17, 15) is 17.6 Å². The van der Waals surface area contributed by atoms with E-state index in [2.05, 4.69) is 11.9 Å². The highest BCUT2D eigenvalue weighted by atomic mass is 19.4. The first-order chi connectivity index (χ1) is 7.90. The van der Waals surface area contributed by atoms with Crippen LogP contribution in [0, 0.1) is 5.82 Å². The molecule has 1 rings (SSSR count). The van der Waals surface area contributed by atoms with Crippen LogP contribution in [0.3, 0.4) is 0 Å². The monoisotopic (exact) mass is 247 g/mol. The van der Waals surface area contributed by atoms with Crippen LogP contribution in [-0.4, -0.2) is 6.54 Å². The predicted molar refractivity (Wildman–Crippen MR) is 58.0 cm³/mol. The lowest BCUT2D eigenvalue weighted by Gasteiger charge is -2.16. The highest BCUT2D eigenvalue weighted by Gasteiger charge is 2.34. The van der Waals surface area contributed by atoms with Crippen LogP contribution >= 0.6 is 0 Å². The Kier molecular flexibility index (Phi) is 4.28. The molecule has 0 amide bonds. The highest BCUT2D eigenvalue weighted by molar-refractivity contribution is 5.31. The Labute approximate surface area is 97.1 Å². The molecule has 0 aliphatic carbocycles. The summed E-state index contributed by atoms with van der Waals surface area (Å²) in [7, 11) is 0. The predicted octanol–water partition coefficient (Wildman–Crippen LogP) is 3.68. The first-order valence-electron chi connectivity index (χ1n) is 5.12. The normalized spacial score (nSPS) is 13.5. The molecule has 1 atom stereocenters. The number of rotatable bonds is 4. The maximum Gasteiger partial charge on any atom is 0.419 e. The summed E-state index contributed by atoms with van der Waals surface area (Å²) in [6.45, 7) is 5.94. The molecule has 0 saturated carbocycles. The van der Waals surface area contributed by atoms with Gasteiger partial charge in [0.05, 0.1) is 11.6 Å². The van der Waals surface area contributed by atoms with Crippen molar-refractivity contribution in [1.82, 2.24) is 5.32 Å². The molecule has 1 N–H and O–H groups in total. The van der Waals surface area contributed by atoms with Gasteiger partial charge in [-0.25, -0.2) is 4.39 Å². The van der Waals surface area contributed by atoms with Crippen molar-refractivity contribution in [2.24, 2.45) is 0 Å². The molecule has 0 heterocycles. The van der Waals surface area contributed by atoms with Crippen LogP contribution in [0.25, 0.3) is 0 Å². The Balaban J connectivity index is 3.15. The van der Waals surface area contributed by atoms with E-state index in [1.165, 1.54) is 12.1 Å². The van der Waals surface area contributed by atoms with Gasteiger partial charge in [0, 0.05) is 0 Å². The second-order valence-electron chi connectivity index (χ2n) is 3.51. The lowest BCUT2D eigenvalue weighted by atomic mass is 10.0. The second-order valence-corrected chi connectivity index (χ2v) is 3.51. The Morgan fingerprint density at radius 3 is 2.53 bits per heavy atom. The average molecular weight is 247 g/mol. The molecule has 0 fully saturated rings. The van der Waals surface area contributed by atoms with E-state index in [0.717, 1.165) is 12.1 Å². The molecule has 17 heavy (non-hydrogen) atoms. The van der Waals surface area contributed by atoms with Gasteiger partial charge in [-0.2, -0.15) is 13.2 Å². The topological polar surface area (TPSA) is 12.0 Å². The van der Waals surface area contributed by atoms with Crippen molar-refractivity contribution in [2.45, 2.75) is 19.1 Å². The summed E-state index contributed by atoms with van der Waals surface area (Å²) < 4.78 is 50.5. The third-order valence-corrected chi connectivity index (χ3v) is 2.31. The lowest BCUT2D eigenvalue weighted by molar-refractivity contribution is -0.140. The molecule has 0 saturated heterocycles. The van der Waals surface area contributed by atoms with Gasteiger partial charge >= 0.3 is 6.18 Å². The largest absolute Gasteiger partial charge is 0.419 e. The fraction of sp³-hybridized carbons (Fsp3) is 0.333. The van der Waals surface area contributed by atoms with Crippen molar-refractivity contribution in [3.8, 4) is 0 Å². The second kappa shape index (κ2) is 5.31. The summed E-state index contributed by atoms with van der Waals surface area (Å²) in [6.07, 6.45) is -3.20. The van der Waals surface area contributed by atoms with E-state index < -0.39 is 23.6 Å². The molecule has 0 aliphatic rings. The van der Waals surface area contributed by atoms with E-state index >= 15 is 0 Å². The molecule has 0 bridgehead atoms. The van der Waals surface area contributed by atoms with E-state index in [1.807, 2.05) is 6.92 Å². The third kappa shape index (κ3) is 3.30. The first-order valence-corrected chi connectivity index (χ1v) is 5.12. The van der Waals surface area contributed by atoms with Gasteiger partial charge in [0.1, 0.15) is 5.82 Å². The Hall–Kier alpha value is -1.36. The van der Waals surface area contributed by atoms with E-state index in [1.54, 1.807) is 0 Å². The summed E-state index contributed by atoms with van der Waals surface area (Å²) in [6, 6.07) is 2.54. The SMILES string of the molecule is C=CC(NCC)c1ccc(F)c(C(F)(F)F)c1. The molecule has 1 nitrogen and oxygen atoms in total. The van der Waals surface area contributed by atoms with E-state index in [0.29, 0.717) is 12.1 Å². The Bertz CT molecular complexity index is 398.